The van der Waals surface area contributed by atoms with Crippen LogP contribution in [0.3, 0.4) is 0 Å². The standard InChI is InChI=1S/C17H30N2O/c1-4-5-6-7-8-9-10-16(19-18)15-11-12-17(20-3)14(2)13-15/h11-13,16,19H,4-10,18H2,1-3H3. The number of rotatable bonds is 10. The number of aryl methyl sites for hydroxylation is 1. The molecule has 0 fully saturated rings. The average molecular weight is 278 g/mol. The molecule has 0 aliphatic rings. The van der Waals surface area contributed by atoms with Crippen molar-refractivity contribution >= 4 is 0 Å². The molecule has 0 aliphatic carbocycles. The van der Waals surface area contributed by atoms with Gasteiger partial charge in [-0.1, -0.05) is 57.6 Å². The van der Waals surface area contributed by atoms with Crippen LogP contribution in [0.25, 0.3) is 0 Å². The Bertz CT molecular complexity index is 379. The SMILES string of the molecule is CCCCCCCCC(NN)c1ccc(OC)c(C)c1. The molecule has 0 heterocycles. The number of methoxy groups -OCH3 is 1. The van der Waals surface area contributed by atoms with E-state index in [1.807, 2.05) is 6.07 Å². The minimum absolute atomic E-state index is 0.241. The molecule has 1 aromatic carbocycles. The topological polar surface area (TPSA) is 47.3 Å². The Morgan fingerprint density at radius 1 is 1.15 bits per heavy atom. The van der Waals surface area contributed by atoms with Crippen molar-refractivity contribution < 1.29 is 4.74 Å². The number of hydrogen-bond donors (Lipinski definition) is 2. The fourth-order valence-corrected chi connectivity index (χ4v) is 2.59. The molecule has 0 saturated heterocycles. The summed E-state index contributed by atoms with van der Waals surface area (Å²) in [5.74, 6) is 6.64. The third-order valence-corrected chi connectivity index (χ3v) is 3.87. The Hall–Kier alpha value is -1.06. The van der Waals surface area contributed by atoms with Crippen molar-refractivity contribution in [3.8, 4) is 5.75 Å². The predicted octanol–water partition coefficient (Wildman–Crippen LogP) is 4.26. The number of benzene rings is 1. The molecule has 1 unspecified atom stereocenters. The van der Waals surface area contributed by atoms with Gasteiger partial charge in [0.1, 0.15) is 5.75 Å². The molecule has 1 rings (SSSR count). The van der Waals surface area contributed by atoms with Gasteiger partial charge in [0.25, 0.3) is 0 Å². The first kappa shape index (κ1) is 17.0. The summed E-state index contributed by atoms with van der Waals surface area (Å²) in [6, 6.07) is 6.54. The van der Waals surface area contributed by atoms with Crippen LogP contribution in [-0.4, -0.2) is 7.11 Å². The summed E-state index contributed by atoms with van der Waals surface area (Å²) in [7, 11) is 1.71. The first-order valence-electron chi connectivity index (χ1n) is 7.83. The van der Waals surface area contributed by atoms with E-state index in [0.717, 1.165) is 17.7 Å². The van der Waals surface area contributed by atoms with E-state index >= 15 is 0 Å². The van der Waals surface area contributed by atoms with E-state index in [9.17, 15) is 0 Å². The van der Waals surface area contributed by atoms with Gasteiger partial charge in [0, 0.05) is 6.04 Å². The normalized spacial score (nSPS) is 12.4. The fourth-order valence-electron chi connectivity index (χ4n) is 2.59. The van der Waals surface area contributed by atoms with E-state index in [1.54, 1.807) is 7.11 Å². The quantitative estimate of drug-likeness (QED) is 0.382. The Labute approximate surface area is 123 Å². The van der Waals surface area contributed by atoms with Gasteiger partial charge in [-0.3, -0.25) is 11.3 Å². The molecule has 0 aromatic heterocycles. The summed E-state index contributed by atoms with van der Waals surface area (Å²) in [6.45, 7) is 4.32. The van der Waals surface area contributed by atoms with Gasteiger partial charge in [-0.2, -0.15) is 0 Å². The molecule has 0 saturated carbocycles. The molecule has 0 aliphatic heterocycles. The Morgan fingerprint density at radius 3 is 2.45 bits per heavy atom. The van der Waals surface area contributed by atoms with Crippen LogP contribution < -0.4 is 16.0 Å². The van der Waals surface area contributed by atoms with Crippen molar-refractivity contribution in [1.82, 2.24) is 5.43 Å². The summed E-state index contributed by atoms with van der Waals surface area (Å²) in [4.78, 5) is 0. The summed E-state index contributed by atoms with van der Waals surface area (Å²) in [5.41, 5.74) is 5.35. The number of hydrogen-bond acceptors (Lipinski definition) is 3. The van der Waals surface area contributed by atoms with Crippen LogP contribution in [-0.2, 0) is 0 Å². The lowest BCUT2D eigenvalue weighted by atomic mass is 9.98. The van der Waals surface area contributed by atoms with Gasteiger partial charge >= 0.3 is 0 Å². The highest BCUT2D eigenvalue weighted by molar-refractivity contribution is 5.37. The number of nitrogens with two attached hydrogens (primary N) is 1. The van der Waals surface area contributed by atoms with Crippen molar-refractivity contribution in [1.29, 1.82) is 0 Å². The zero-order valence-corrected chi connectivity index (χ0v) is 13.2. The summed E-state index contributed by atoms with van der Waals surface area (Å²) in [5, 5.41) is 0. The third-order valence-electron chi connectivity index (χ3n) is 3.87. The van der Waals surface area contributed by atoms with Crippen LogP contribution in [0.5, 0.6) is 5.75 Å². The maximum Gasteiger partial charge on any atom is 0.121 e. The smallest absolute Gasteiger partial charge is 0.121 e. The van der Waals surface area contributed by atoms with Gasteiger partial charge in [-0.15, -0.1) is 0 Å². The fraction of sp³-hybridized carbons (Fsp3) is 0.647. The molecule has 0 bridgehead atoms. The van der Waals surface area contributed by atoms with Crippen molar-refractivity contribution in [2.24, 2.45) is 5.84 Å². The zero-order chi connectivity index (χ0) is 14.8. The summed E-state index contributed by atoms with van der Waals surface area (Å²) >= 11 is 0. The molecule has 0 radical (unpaired) electrons. The van der Waals surface area contributed by atoms with E-state index in [0.29, 0.717) is 0 Å². The lowest BCUT2D eigenvalue weighted by Gasteiger charge is -2.17. The molecule has 20 heavy (non-hydrogen) atoms. The zero-order valence-electron chi connectivity index (χ0n) is 13.2. The minimum atomic E-state index is 0.241. The molecule has 1 atom stereocenters. The van der Waals surface area contributed by atoms with Crippen LogP contribution >= 0.6 is 0 Å². The van der Waals surface area contributed by atoms with E-state index in [2.05, 4.69) is 31.4 Å². The van der Waals surface area contributed by atoms with E-state index in [1.165, 1.54) is 44.1 Å². The van der Waals surface area contributed by atoms with Gasteiger partial charge in [0.15, 0.2) is 0 Å². The first-order valence-corrected chi connectivity index (χ1v) is 7.83. The number of unbranched alkanes of at least 4 members (excludes halogenated alkanes) is 5. The molecule has 1 aromatic rings. The highest BCUT2D eigenvalue weighted by Crippen LogP contribution is 2.25. The third kappa shape index (κ3) is 5.51. The second-order valence-corrected chi connectivity index (χ2v) is 5.50. The van der Waals surface area contributed by atoms with Crippen molar-refractivity contribution in [2.75, 3.05) is 7.11 Å². The van der Waals surface area contributed by atoms with Gasteiger partial charge in [0.2, 0.25) is 0 Å². The second kappa shape index (κ2) is 9.78. The van der Waals surface area contributed by atoms with Gasteiger partial charge in [-0.25, -0.2) is 0 Å². The second-order valence-electron chi connectivity index (χ2n) is 5.50. The van der Waals surface area contributed by atoms with Crippen LogP contribution in [0, 0.1) is 6.92 Å². The maximum atomic E-state index is 5.71. The number of nitrogens with one attached hydrogen (secondary N) is 1. The van der Waals surface area contributed by atoms with Crippen LogP contribution in [0.2, 0.25) is 0 Å². The lowest BCUT2D eigenvalue weighted by Crippen LogP contribution is -2.28. The first-order chi connectivity index (χ1) is 9.72. The highest BCUT2D eigenvalue weighted by Gasteiger charge is 2.10. The molecule has 3 N–H and O–H groups in total. The molecular weight excluding hydrogens is 248 g/mol. The Balaban J connectivity index is 2.43. The molecule has 3 nitrogen and oxygen atoms in total. The van der Waals surface area contributed by atoms with Gasteiger partial charge in [0.05, 0.1) is 7.11 Å². The van der Waals surface area contributed by atoms with E-state index in [4.69, 9.17) is 10.6 Å². The van der Waals surface area contributed by atoms with Gasteiger partial charge in [-0.05, 0) is 30.5 Å². The molecule has 0 spiro atoms. The van der Waals surface area contributed by atoms with Gasteiger partial charge < -0.3 is 4.74 Å². The predicted molar refractivity (Wildman–Crippen MR) is 85.8 cm³/mol. The summed E-state index contributed by atoms with van der Waals surface area (Å²) in [6.07, 6.45) is 8.98. The largest absolute Gasteiger partial charge is 0.496 e. The summed E-state index contributed by atoms with van der Waals surface area (Å²) < 4.78 is 5.30. The molecular formula is C17H30N2O. The van der Waals surface area contributed by atoms with Crippen molar-refractivity contribution in [3.63, 3.8) is 0 Å². The molecule has 114 valence electrons. The lowest BCUT2D eigenvalue weighted by molar-refractivity contribution is 0.410. The van der Waals surface area contributed by atoms with Crippen molar-refractivity contribution in [3.05, 3.63) is 29.3 Å². The van der Waals surface area contributed by atoms with E-state index in [-0.39, 0.29) is 6.04 Å². The van der Waals surface area contributed by atoms with E-state index < -0.39 is 0 Å². The molecule has 0 amide bonds. The Kier molecular flexibility index (Phi) is 8.31. The molecule has 3 heteroatoms. The minimum Gasteiger partial charge on any atom is -0.496 e. The van der Waals surface area contributed by atoms with Crippen LogP contribution in [0.15, 0.2) is 18.2 Å². The monoisotopic (exact) mass is 278 g/mol. The Morgan fingerprint density at radius 2 is 1.85 bits per heavy atom. The van der Waals surface area contributed by atoms with Crippen LogP contribution in [0.4, 0.5) is 0 Å². The maximum absolute atomic E-state index is 5.71. The number of hydrazine groups is 1. The average Bonchev–Trinajstić information content (AvgIpc) is 2.46. The highest BCUT2D eigenvalue weighted by atomic mass is 16.5. The van der Waals surface area contributed by atoms with Crippen LogP contribution in [0.1, 0.15) is 69.0 Å². The van der Waals surface area contributed by atoms with Crippen molar-refractivity contribution in [2.45, 2.75) is 64.8 Å². The number of ether oxygens (including phenoxy) is 1.